The number of carboxylic acids is 1. The van der Waals surface area contributed by atoms with Crippen molar-refractivity contribution >= 4 is 23.2 Å². The van der Waals surface area contributed by atoms with Gasteiger partial charge in [-0.3, -0.25) is 14.5 Å². The SMILES string of the molecule is CC#C[C@@H](CC(=O)O)c1ccc(OCc2cccc(CN3CCc4sc(C(=O)NC)cc4C3)c2)cc1. The molecule has 0 bridgehead atoms. The third-order valence-corrected chi connectivity index (χ3v) is 7.42. The quantitative estimate of drug-likeness (QED) is 0.410. The Morgan fingerprint density at radius 1 is 1.17 bits per heavy atom. The fraction of sp³-hybridized carbons (Fsp3) is 0.310. The Labute approximate surface area is 215 Å². The summed E-state index contributed by atoms with van der Waals surface area (Å²) in [6.07, 6.45) is 0.945. The molecule has 1 amide bonds. The number of carbonyl (C=O) groups is 2. The lowest BCUT2D eigenvalue weighted by Crippen LogP contribution is -2.29. The summed E-state index contributed by atoms with van der Waals surface area (Å²) in [5.41, 5.74) is 4.45. The van der Waals surface area contributed by atoms with Gasteiger partial charge in [-0.25, -0.2) is 0 Å². The Hall–Kier alpha value is -3.60. The van der Waals surface area contributed by atoms with E-state index >= 15 is 0 Å². The monoisotopic (exact) mass is 502 g/mol. The summed E-state index contributed by atoms with van der Waals surface area (Å²) >= 11 is 1.60. The Morgan fingerprint density at radius 2 is 1.94 bits per heavy atom. The van der Waals surface area contributed by atoms with Gasteiger partial charge in [0.2, 0.25) is 0 Å². The van der Waals surface area contributed by atoms with Crippen LogP contribution in [0.4, 0.5) is 0 Å². The fourth-order valence-electron chi connectivity index (χ4n) is 4.40. The van der Waals surface area contributed by atoms with Crippen molar-refractivity contribution < 1.29 is 19.4 Å². The summed E-state index contributed by atoms with van der Waals surface area (Å²) in [6.45, 7) is 4.83. The summed E-state index contributed by atoms with van der Waals surface area (Å²) in [5, 5.41) is 11.8. The smallest absolute Gasteiger partial charge is 0.304 e. The molecule has 1 aromatic heterocycles. The van der Waals surface area contributed by atoms with E-state index in [4.69, 9.17) is 9.84 Å². The van der Waals surface area contributed by atoms with E-state index in [9.17, 15) is 9.59 Å². The summed E-state index contributed by atoms with van der Waals surface area (Å²) in [7, 11) is 1.67. The van der Waals surface area contributed by atoms with Crippen LogP contribution in [0.5, 0.6) is 5.75 Å². The largest absolute Gasteiger partial charge is 0.489 e. The fourth-order valence-corrected chi connectivity index (χ4v) is 5.51. The predicted molar refractivity (Wildman–Crippen MR) is 141 cm³/mol. The highest BCUT2D eigenvalue weighted by Crippen LogP contribution is 2.29. The summed E-state index contributed by atoms with van der Waals surface area (Å²) < 4.78 is 5.99. The molecule has 2 aromatic carbocycles. The molecule has 0 spiro atoms. The molecule has 0 radical (unpaired) electrons. The molecule has 0 saturated carbocycles. The van der Waals surface area contributed by atoms with Gasteiger partial charge in [-0.2, -0.15) is 0 Å². The molecule has 7 heteroatoms. The van der Waals surface area contributed by atoms with Gasteiger partial charge >= 0.3 is 5.97 Å². The molecule has 1 aliphatic heterocycles. The van der Waals surface area contributed by atoms with Crippen molar-refractivity contribution in [2.45, 2.75) is 45.4 Å². The number of hydrogen-bond acceptors (Lipinski definition) is 5. The number of ether oxygens (including phenoxy) is 1. The van der Waals surface area contributed by atoms with Crippen LogP contribution in [-0.4, -0.2) is 35.5 Å². The third-order valence-electron chi connectivity index (χ3n) is 6.18. The van der Waals surface area contributed by atoms with Crippen LogP contribution in [0, 0.1) is 11.8 Å². The number of amides is 1. The standard InChI is InChI=1S/C29H30N2O4S/c1-3-5-23(16-28(32)33)22-8-10-25(11-9-22)35-19-21-7-4-6-20(14-21)17-31-13-12-26-24(18-31)15-27(36-26)29(34)30-2/h4,6-11,14-15,23H,12-13,16-19H2,1-2H3,(H,30,34)(H,32,33)/t23-/m0/s1. The molecule has 6 nitrogen and oxygen atoms in total. The van der Waals surface area contributed by atoms with Crippen LogP contribution >= 0.6 is 11.3 Å². The maximum atomic E-state index is 12.0. The molecule has 3 aromatic rings. The van der Waals surface area contributed by atoms with E-state index in [0.717, 1.165) is 47.8 Å². The summed E-state index contributed by atoms with van der Waals surface area (Å²) in [4.78, 5) is 27.6. The zero-order chi connectivity index (χ0) is 25.5. The van der Waals surface area contributed by atoms with Gasteiger partial charge in [0.15, 0.2) is 0 Å². The Kier molecular flexibility index (Phi) is 8.42. The second-order valence-corrected chi connectivity index (χ2v) is 9.96. The Bertz CT molecular complexity index is 1290. The molecule has 1 atom stereocenters. The van der Waals surface area contributed by atoms with Crippen molar-refractivity contribution in [3.8, 4) is 17.6 Å². The number of carboxylic acid groups (broad SMARTS) is 1. The minimum Gasteiger partial charge on any atom is -0.489 e. The van der Waals surface area contributed by atoms with E-state index in [-0.39, 0.29) is 18.2 Å². The predicted octanol–water partition coefficient (Wildman–Crippen LogP) is 4.83. The number of aliphatic carboxylic acids is 1. The number of nitrogens with zero attached hydrogens (tertiary/aromatic N) is 1. The van der Waals surface area contributed by atoms with Gasteiger partial charge in [0.05, 0.1) is 17.2 Å². The normalized spacial score (nSPS) is 13.7. The van der Waals surface area contributed by atoms with Gasteiger partial charge < -0.3 is 15.2 Å². The number of carbonyl (C=O) groups excluding carboxylic acids is 1. The minimum atomic E-state index is -0.864. The van der Waals surface area contributed by atoms with Crippen LogP contribution in [0.25, 0.3) is 0 Å². The Morgan fingerprint density at radius 3 is 2.67 bits per heavy atom. The molecule has 0 fully saturated rings. The molecule has 0 aliphatic carbocycles. The average molecular weight is 503 g/mol. The number of thiophene rings is 1. The van der Waals surface area contributed by atoms with Crippen molar-refractivity contribution in [2.75, 3.05) is 13.6 Å². The lowest BCUT2D eigenvalue weighted by molar-refractivity contribution is -0.137. The molecule has 36 heavy (non-hydrogen) atoms. The molecule has 1 aliphatic rings. The lowest BCUT2D eigenvalue weighted by atomic mass is 9.96. The van der Waals surface area contributed by atoms with Crippen LogP contribution in [-0.2, 0) is 30.9 Å². The van der Waals surface area contributed by atoms with E-state index in [2.05, 4.69) is 46.3 Å². The van der Waals surface area contributed by atoms with Crippen LogP contribution in [0.2, 0.25) is 0 Å². The number of fused-ring (bicyclic) bond motifs is 1. The molecule has 186 valence electrons. The topological polar surface area (TPSA) is 78.9 Å². The first kappa shape index (κ1) is 25.5. The summed E-state index contributed by atoms with van der Waals surface area (Å²) in [6, 6.07) is 17.9. The van der Waals surface area contributed by atoms with Crippen molar-refractivity contribution in [2.24, 2.45) is 0 Å². The van der Waals surface area contributed by atoms with E-state index in [1.54, 1.807) is 25.3 Å². The molecule has 2 N–H and O–H groups in total. The van der Waals surface area contributed by atoms with Crippen LogP contribution in [0.3, 0.4) is 0 Å². The summed E-state index contributed by atoms with van der Waals surface area (Å²) in [5.74, 6) is 5.31. The van der Waals surface area contributed by atoms with E-state index in [1.165, 1.54) is 16.0 Å². The first-order valence-corrected chi connectivity index (χ1v) is 12.8. The second kappa shape index (κ2) is 11.9. The van der Waals surface area contributed by atoms with Crippen LogP contribution in [0.1, 0.15) is 56.1 Å². The molecule has 2 heterocycles. The number of rotatable bonds is 9. The average Bonchev–Trinajstić information content (AvgIpc) is 3.31. The van der Waals surface area contributed by atoms with E-state index < -0.39 is 5.97 Å². The minimum absolute atomic E-state index is 0.0157. The number of benzene rings is 2. The van der Waals surface area contributed by atoms with Crippen molar-refractivity contribution in [1.29, 1.82) is 0 Å². The van der Waals surface area contributed by atoms with Crippen molar-refractivity contribution in [3.05, 3.63) is 86.6 Å². The van der Waals surface area contributed by atoms with Gasteiger partial charge in [-0.05, 0) is 53.8 Å². The zero-order valence-electron chi connectivity index (χ0n) is 20.5. The first-order chi connectivity index (χ1) is 17.4. The zero-order valence-corrected chi connectivity index (χ0v) is 21.4. The van der Waals surface area contributed by atoms with Gasteiger partial charge in [0.1, 0.15) is 12.4 Å². The van der Waals surface area contributed by atoms with Gasteiger partial charge in [-0.1, -0.05) is 42.3 Å². The van der Waals surface area contributed by atoms with Crippen molar-refractivity contribution in [3.63, 3.8) is 0 Å². The van der Waals surface area contributed by atoms with Gasteiger partial charge in [-0.15, -0.1) is 17.3 Å². The van der Waals surface area contributed by atoms with Crippen LogP contribution in [0.15, 0.2) is 54.6 Å². The maximum absolute atomic E-state index is 12.0. The highest BCUT2D eigenvalue weighted by molar-refractivity contribution is 7.14. The lowest BCUT2D eigenvalue weighted by Gasteiger charge is -2.26. The van der Waals surface area contributed by atoms with E-state index in [0.29, 0.717) is 6.61 Å². The van der Waals surface area contributed by atoms with Crippen LogP contribution < -0.4 is 10.1 Å². The molecule has 4 rings (SSSR count). The van der Waals surface area contributed by atoms with E-state index in [1.807, 2.05) is 30.3 Å². The third kappa shape index (κ3) is 6.54. The highest BCUT2D eigenvalue weighted by atomic mass is 32.1. The molecular weight excluding hydrogens is 472 g/mol. The highest BCUT2D eigenvalue weighted by Gasteiger charge is 2.21. The molecule has 0 saturated heterocycles. The number of nitrogens with one attached hydrogen (secondary N) is 1. The molecule has 0 unspecified atom stereocenters. The second-order valence-electron chi connectivity index (χ2n) is 8.82. The van der Waals surface area contributed by atoms with Crippen molar-refractivity contribution in [1.82, 2.24) is 10.2 Å². The number of hydrogen-bond donors (Lipinski definition) is 2. The van der Waals surface area contributed by atoms with Gasteiger partial charge in [0, 0.05) is 31.6 Å². The molecular formula is C29H30N2O4S. The first-order valence-electron chi connectivity index (χ1n) is 12.0. The van der Waals surface area contributed by atoms with Gasteiger partial charge in [0.25, 0.3) is 5.91 Å². The maximum Gasteiger partial charge on any atom is 0.304 e. The Balaban J connectivity index is 1.34.